The van der Waals surface area contributed by atoms with Crippen LogP contribution in [0.1, 0.15) is 27.2 Å². The van der Waals surface area contributed by atoms with E-state index < -0.39 is 0 Å². The van der Waals surface area contributed by atoms with Crippen LogP contribution in [0.5, 0.6) is 0 Å². The fourth-order valence-corrected chi connectivity index (χ4v) is 2.50. The van der Waals surface area contributed by atoms with Gasteiger partial charge in [0.05, 0.1) is 0 Å². The van der Waals surface area contributed by atoms with Crippen molar-refractivity contribution in [2.75, 3.05) is 39.8 Å². The molecule has 1 unspecified atom stereocenters. The SMILES string of the molecule is CNCCCN1CCN(C(C)C)C(C)C1. The quantitative estimate of drug-likeness (QED) is 0.688. The minimum Gasteiger partial charge on any atom is -0.320 e. The molecular formula is C12H27N3. The van der Waals surface area contributed by atoms with Gasteiger partial charge in [0.2, 0.25) is 0 Å². The first-order valence-electron chi connectivity index (χ1n) is 6.28. The molecule has 1 rings (SSSR count). The lowest BCUT2D eigenvalue weighted by molar-refractivity contribution is 0.0599. The van der Waals surface area contributed by atoms with E-state index in [0.717, 1.165) is 6.54 Å². The van der Waals surface area contributed by atoms with Gasteiger partial charge in [0.15, 0.2) is 0 Å². The van der Waals surface area contributed by atoms with Gasteiger partial charge in [-0.25, -0.2) is 0 Å². The second-order valence-corrected chi connectivity index (χ2v) is 4.94. The number of nitrogens with one attached hydrogen (secondary N) is 1. The maximum atomic E-state index is 3.21. The van der Waals surface area contributed by atoms with Crippen molar-refractivity contribution < 1.29 is 0 Å². The molecule has 1 N–H and O–H groups in total. The Labute approximate surface area is 94.8 Å². The van der Waals surface area contributed by atoms with Gasteiger partial charge in [0, 0.05) is 31.7 Å². The largest absolute Gasteiger partial charge is 0.320 e. The highest BCUT2D eigenvalue weighted by molar-refractivity contribution is 4.80. The van der Waals surface area contributed by atoms with Crippen molar-refractivity contribution in [3.05, 3.63) is 0 Å². The highest BCUT2D eigenvalue weighted by Crippen LogP contribution is 2.12. The summed E-state index contributed by atoms with van der Waals surface area (Å²) in [5, 5.41) is 3.21. The summed E-state index contributed by atoms with van der Waals surface area (Å²) in [6.07, 6.45) is 1.27. The lowest BCUT2D eigenvalue weighted by Gasteiger charge is -2.42. The van der Waals surface area contributed by atoms with Crippen LogP contribution in [0, 0.1) is 0 Å². The highest BCUT2D eigenvalue weighted by Gasteiger charge is 2.24. The minimum atomic E-state index is 0.694. The zero-order valence-electron chi connectivity index (χ0n) is 10.8. The molecule has 0 amide bonds. The predicted octanol–water partition coefficient (Wildman–Crippen LogP) is 1.01. The molecule has 15 heavy (non-hydrogen) atoms. The van der Waals surface area contributed by atoms with Crippen LogP contribution in [0.2, 0.25) is 0 Å². The van der Waals surface area contributed by atoms with Crippen molar-refractivity contribution in [3.8, 4) is 0 Å². The molecule has 0 aromatic rings. The van der Waals surface area contributed by atoms with Crippen LogP contribution >= 0.6 is 0 Å². The average molecular weight is 213 g/mol. The van der Waals surface area contributed by atoms with Gasteiger partial charge >= 0.3 is 0 Å². The Bertz CT molecular complexity index is 170. The minimum absolute atomic E-state index is 0.694. The molecule has 1 fully saturated rings. The molecule has 3 heteroatoms. The van der Waals surface area contributed by atoms with Gasteiger partial charge in [0.1, 0.15) is 0 Å². The first-order chi connectivity index (χ1) is 7.15. The third-order valence-electron chi connectivity index (χ3n) is 3.33. The third kappa shape index (κ3) is 4.09. The highest BCUT2D eigenvalue weighted by atomic mass is 15.3. The van der Waals surface area contributed by atoms with Crippen molar-refractivity contribution in [3.63, 3.8) is 0 Å². The Morgan fingerprint density at radius 2 is 2.07 bits per heavy atom. The van der Waals surface area contributed by atoms with Gasteiger partial charge in [-0.1, -0.05) is 0 Å². The normalized spacial score (nSPS) is 25.0. The van der Waals surface area contributed by atoms with Gasteiger partial charge in [-0.15, -0.1) is 0 Å². The summed E-state index contributed by atoms with van der Waals surface area (Å²) in [6.45, 7) is 13.0. The molecule has 1 aliphatic rings. The number of piperazine rings is 1. The molecule has 0 aliphatic carbocycles. The number of hydrogen-bond acceptors (Lipinski definition) is 3. The van der Waals surface area contributed by atoms with Crippen LogP contribution in [0.3, 0.4) is 0 Å². The standard InChI is InChI=1S/C12H27N3/c1-11(2)15-9-8-14(10-12(15)3)7-5-6-13-4/h11-13H,5-10H2,1-4H3. The molecule has 0 aromatic heterocycles. The van der Waals surface area contributed by atoms with Crippen molar-refractivity contribution in [1.29, 1.82) is 0 Å². The monoisotopic (exact) mass is 213 g/mol. The first-order valence-corrected chi connectivity index (χ1v) is 6.28. The molecule has 0 saturated carbocycles. The van der Waals surface area contributed by atoms with Crippen LogP contribution in [-0.2, 0) is 0 Å². The van der Waals surface area contributed by atoms with Crippen molar-refractivity contribution in [1.82, 2.24) is 15.1 Å². The van der Waals surface area contributed by atoms with E-state index in [4.69, 9.17) is 0 Å². The second kappa shape index (κ2) is 6.46. The maximum absolute atomic E-state index is 3.21. The Balaban J connectivity index is 2.24. The van der Waals surface area contributed by atoms with Crippen molar-refractivity contribution in [2.24, 2.45) is 0 Å². The summed E-state index contributed by atoms with van der Waals surface area (Å²) in [7, 11) is 2.03. The number of nitrogens with zero attached hydrogens (tertiary/aromatic N) is 2. The summed E-state index contributed by atoms with van der Waals surface area (Å²) in [6, 6.07) is 1.41. The van der Waals surface area contributed by atoms with E-state index >= 15 is 0 Å². The summed E-state index contributed by atoms with van der Waals surface area (Å²) in [5.41, 5.74) is 0. The first kappa shape index (κ1) is 12.9. The molecule has 1 saturated heterocycles. The molecular weight excluding hydrogens is 186 g/mol. The Morgan fingerprint density at radius 1 is 1.33 bits per heavy atom. The predicted molar refractivity (Wildman–Crippen MR) is 66.3 cm³/mol. The fraction of sp³-hybridized carbons (Fsp3) is 1.00. The Kier molecular flexibility index (Phi) is 5.58. The summed E-state index contributed by atoms with van der Waals surface area (Å²) in [4.78, 5) is 5.20. The van der Waals surface area contributed by atoms with Crippen LogP contribution in [-0.4, -0.2) is 61.7 Å². The van der Waals surface area contributed by atoms with E-state index in [1.165, 1.54) is 32.6 Å². The van der Waals surface area contributed by atoms with E-state index in [9.17, 15) is 0 Å². The van der Waals surface area contributed by atoms with Crippen molar-refractivity contribution >= 4 is 0 Å². The molecule has 0 radical (unpaired) electrons. The van der Waals surface area contributed by atoms with Gasteiger partial charge in [0.25, 0.3) is 0 Å². The van der Waals surface area contributed by atoms with E-state index in [2.05, 4.69) is 35.9 Å². The van der Waals surface area contributed by atoms with Gasteiger partial charge in [-0.3, -0.25) is 4.90 Å². The summed E-state index contributed by atoms with van der Waals surface area (Å²) >= 11 is 0. The molecule has 1 heterocycles. The number of rotatable bonds is 5. The molecule has 3 nitrogen and oxygen atoms in total. The second-order valence-electron chi connectivity index (χ2n) is 4.94. The average Bonchev–Trinajstić information content (AvgIpc) is 2.17. The summed E-state index contributed by atoms with van der Waals surface area (Å²) < 4.78 is 0. The third-order valence-corrected chi connectivity index (χ3v) is 3.33. The van der Waals surface area contributed by atoms with Gasteiger partial charge < -0.3 is 10.2 Å². The van der Waals surface area contributed by atoms with Crippen LogP contribution in [0.4, 0.5) is 0 Å². The van der Waals surface area contributed by atoms with E-state index in [1.807, 2.05) is 7.05 Å². The molecule has 1 aliphatic heterocycles. The molecule has 0 bridgehead atoms. The lowest BCUT2D eigenvalue weighted by Crippen LogP contribution is -2.54. The molecule has 0 spiro atoms. The smallest absolute Gasteiger partial charge is 0.0198 e. The lowest BCUT2D eigenvalue weighted by atomic mass is 10.1. The zero-order valence-corrected chi connectivity index (χ0v) is 10.8. The molecule has 0 aromatic carbocycles. The van der Waals surface area contributed by atoms with Crippen molar-refractivity contribution in [2.45, 2.75) is 39.3 Å². The van der Waals surface area contributed by atoms with Crippen LogP contribution in [0.15, 0.2) is 0 Å². The fourth-order valence-electron chi connectivity index (χ4n) is 2.50. The topological polar surface area (TPSA) is 18.5 Å². The van der Waals surface area contributed by atoms with Gasteiger partial charge in [-0.05, 0) is 47.3 Å². The van der Waals surface area contributed by atoms with Gasteiger partial charge in [-0.2, -0.15) is 0 Å². The zero-order chi connectivity index (χ0) is 11.3. The van der Waals surface area contributed by atoms with E-state index in [1.54, 1.807) is 0 Å². The van der Waals surface area contributed by atoms with Crippen LogP contribution in [0.25, 0.3) is 0 Å². The molecule has 1 atom stereocenters. The van der Waals surface area contributed by atoms with E-state index in [-0.39, 0.29) is 0 Å². The number of hydrogen-bond donors (Lipinski definition) is 1. The molecule has 90 valence electrons. The Hall–Kier alpha value is -0.120. The summed E-state index contributed by atoms with van der Waals surface area (Å²) in [5.74, 6) is 0. The van der Waals surface area contributed by atoms with Crippen LogP contribution < -0.4 is 5.32 Å². The Morgan fingerprint density at radius 3 is 2.60 bits per heavy atom. The van der Waals surface area contributed by atoms with E-state index in [0.29, 0.717) is 12.1 Å². The maximum Gasteiger partial charge on any atom is 0.0198 e.